The van der Waals surface area contributed by atoms with Gasteiger partial charge in [0.2, 0.25) is 0 Å². The molecule has 0 N–H and O–H groups in total. The summed E-state index contributed by atoms with van der Waals surface area (Å²) in [6, 6.07) is 5.73. The van der Waals surface area contributed by atoms with E-state index in [4.69, 9.17) is 9.47 Å². The van der Waals surface area contributed by atoms with E-state index in [2.05, 4.69) is 18.7 Å². The van der Waals surface area contributed by atoms with Gasteiger partial charge < -0.3 is 14.4 Å². The van der Waals surface area contributed by atoms with Crippen LogP contribution in [0.4, 0.5) is 5.69 Å². The molecule has 2 unspecified atom stereocenters. The van der Waals surface area contributed by atoms with Crippen LogP contribution in [0.2, 0.25) is 0 Å². The van der Waals surface area contributed by atoms with Crippen LogP contribution in [-0.4, -0.2) is 38.2 Å². The summed E-state index contributed by atoms with van der Waals surface area (Å²) < 4.78 is 11.0. The van der Waals surface area contributed by atoms with Crippen molar-refractivity contribution in [2.45, 2.75) is 33.0 Å². The number of ketones is 1. The number of rotatable bonds is 3. The van der Waals surface area contributed by atoms with Crippen LogP contribution in [0.3, 0.4) is 0 Å². The van der Waals surface area contributed by atoms with Gasteiger partial charge in [-0.2, -0.15) is 0 Å². The van der Waals surface area contributed by atoms with Crippen molar-refractivity contribution in [2.24, 2.45) is 0 Å². The summed E-state index contributed by atoms with van der Waals surface area (Å²) in [7, 11) is 1.59. The SMILES string of the molecule is COc1cccc(N2CC(C)OC(C)C2)c1C(C)=O. The fourth-order valence-corrected chi connectivity index (χ4v) is 2.68. The van der Waals surface area contributed by atoms with Crippen molar-refractivity contribution in [1.29, 1.82) is 0 Å². The molecule has 19 heavy (non-hydrogen) atoms. The van der Waals surface area contributed by atoms with Crippen LogP contribution in [0.5, 0.6) is 5.75 Å². The van der Waals surface area contributed by atoms with Crippen LogP contribution in [0, 0.1) is 0 Å². The van der Waals surface area contributed by atoms with Crippen molar-refractivity contribution < 1.29 is 14.3 Å². The Morgan fingerprint density at radius 1 is 1.32 bits per heavy atom. The Hall–Kier alpha value is -1.55. The molecule has 0 aliphatic carbocycles. The molecule has 0 saturated carbocycles. The quantitative estimate of drug-likeness (QED) is 0.785. The van der Waals surface area contributed by atoms with Crippen LogP contribution in [0.25, 0.3) is 0 Å². The minimum atomic E-state index is 0.0271. The zero-order valence-corrected chi connectivity index (χ0v) is 12.0. The summed E-state index contributed by atoms with van der Waals surface area (Å²) in [4.78, 5) is 14.1. The number of nitrogens with zero attached hydrogens (tertiary/aromatic N) is 1. The maximum absolute atomic E-state index is 11.9. The minimum Gasteiger partial charge on any atom is -0.496 e. The van der Waals surface area contributed by atoms with Crippen LogP contribution < -0.4 is 9.64 Å². The average Bonchev–Trinajstić information content (AvgIpc) is 2.36. The van der Waals surface area contributed by atoms with Gasteiger partial charge >= 0.3 is 0 Å². The van der Waals surface area contributed by atoms with E-state index in [1.165, 1.54) is 0 Å². The van der Waals surface area contributed by atoms with Gasteiger partial charge in [-0.15, -0.1) is 0 Å². The first kappa shape index (κ1) is 13.9. The van der Waals surface area contributed by atoms with Gasteiger partial charge in [0.05, 0.1) is 30.6 Å². The molecule has 1 aliphatic heterocycles. The average molecular weight is 263 g/mol. The molecule has 1 aliphatic rings. The molecule has 2 atom stereocenters. The van der Waals surface area contributed by atoms with E-state index in [1.807, 2.05) is 18.2 Å². The lowest BCUT2D eigenvalue weighted by Crippen LogP contribution is -2.46. The molecule has 2 rings (SSSR count). The molecule has 104 valence electrons. The first-order valence-corrected chi connectivity index (χ1v) is 6.61. The highest BCUT2D eigenvalue weighted by atomic mass is 16.5. The van der Waals surface area contributed by atoms with Gasteiger partial charge in [-0.25, -0.2) is 0 Å². The lowest BCUT2D eigenvalue weighted by Gasteiger charge is -2.37. The van der Waals surface area contributed by atoms with E-state index in [-0.39, 0.29) is 18.0 Å². The van der Waals surface area contributed by atoms with Crippen molar-refractivity contribution in [1.82, 2.24) is 0 Å². The van der Waals surface area contributed by atoms with Gasteiger partial charge in [0.25, 0.3) is 0 Å². The molecule has 4 heteroatoms. The maximum Gasteiger partial charge on any atom is 0.165 e. The predicted molar refractivity (Wildman–Crippen MR) is 75.2 cm³/mol. The molecule has 1 fully saturated rings. The number of benzene rings is 1. The molecule has 1 aromatic carbocycles. The predicted octanol–water partition coefficient (Wildman–Crippen LogP) is 2.51. The second-order valence-corrected chi connectivity index (χ2v) is 5.07. The summed E-state index contributed by atoms with van der Waals surface area (Å²) in [5.74, 6) is 0.663. The highest BCUT2D eigenvalue weighted by Crippen LogP contribution is 2.31. The Bertz CT molecular complexity index is 462. The standard InChI is InChI=1S/C15H21NO3/c1-10-8-16(9-11(2)19-10)13-6-5-7-14(18-4)15(13)12(3)17/h5-7,10-11H,8-9H2,1-4H3. The molecule has 0 bridgehead atoms. The highest BCUT2D eigenvalue weighted by Gasteiger charge is 2.26. The largest absolute Gasteiger partial charge is 0.496 e. The lowest BCUT2D eigenvalue weighted by molar-refractivity contribution is -0.00528. The summed E-state index contributed by atoms with van der Waals surface area (Å²) >= 11 is 0. The first-order chi connectivity index (χ1) is 9.02. The molecule has 4 nitrogen and oxygen atoms in total. The number of hydrogen-bond donors (Lipinski definition) is 0. The molecule has 0 radical (unpaired) electrons. The van der Waals surface area contributed by atoms with Gasteiger partial charge in [0, 0.05) is 13.1 Å². The Labute approximate surface area is 114 Å². The van der Waals surface area contributed by atoms with Crippen LogP contribution in [0.15, 0.2) is 18.2 Å². The topological polar surface area (TPSA) is 38.8 Å². The zero-order valence-electron chi connectivity index (χ0n) is 12.0. The molecule has 0 aromatic heterocycles. The second-order valence-electron chi connectivity index (χ2n) is 5.07. The minimum absolute atomic E-state index is 0.0271. The third-order valence-corrected chi connectivity index (χ3v) is 3.34. The Morgan fingerprint density at radius 3 is 2.47 bits per heavy atom. The first-order valence-electron chi connectivity index (χ1n) is 6.61. The van der Waals surface area contributed by atoms with Gasteiger partial charge in [0.15, 0.2) is 5.78 Å². The molecule has 1 saturated heterocycles. The molecular formula is C15H21NO3. The summed E-state index contributed by atoms with van der Waals surface area (Å²) in [5, 5.41) is 0. The second kappa shape index (κ2) is 5.61. The fraction of sp³-hybridized carbons (Fsp3) is 0.533. The maximum atomic E-state index is 11.9. The van der Waals surface area contributed by atoms with E-state index in [9.17, 15) is 4.79 Å². The van der Waals surface area contributed by atoms with Crippen molar-refractivity contribution in [3.63, 3.8) is 0 Å². The summed E-state index contributed by atoms with van der Waals surface area (Å²) in [6.45, 7) is 7.26. The normalized spacial score (nSPS) is 23.3. The smallest absolute Gasteiger partial charge is 0.165 e. The number of carbonyl (C=O) groups is 1. The van der Waals surface area contributed by atoms with Gasteiger partial charge in [-0.1, -0.05) is 6.07 Å². The van der Waals surface area contributed by atoms with Crippen molar-refractivity contribution >= 4 is 11.5 Å². The van der Waals surface area contributed by atoms with E-state index in [1.54, 1.807) is 14.0 Å². The molecule has 1 heterocycles. The van der Waals surface area contributed by atoms with Crippen LogP contribution in [-0.2, 0) is 4.74 Å². The molecular weight excluding hydrogens is 242 g/mol. The Morgan fingerprint density at radius 2 is 1.95 bits per heavy atom. The van der Waals surface area contributed by atoms with Gasteiger partial charge in [-0.05, 0) is 32.9 Å². The van der Waals surface area contributed by atoms with E-state index in [0.717, 1.165) is 18.8 Å². The van der Waals surface area contributed by atoms with Crippen LogP contribution in [0.1, 0.15) is 31.1 Å². The van der Waals surface area contributed by atoms with Gasteiger partial charge in [-0.3, -0.25) is 4.79 Å². The van der Waals surface area contributed by atoms with E-state index < -0.39 is 0 Å². The Balaban J connectivity index is 2.41. The number of hydrogen-bond acceptors (Lipinski definition) is 4. The number of morpholine rings is 1. The Kier molecular flexibility index (Phi) is 4.10. The monoisotopic (exact) mass is 263 g/mol. The summed E-state index contributed by atoms with van der Waals surface area (Å²) in [5.41, 5.74) is 1.60. The molecule has 0 amide bonds. The number of methoxy groups -OCH3 is 1. The number of carbonyl (C=O) groups excluding carboxylic acids is 1. The van der Waals surface area contributed by atoms with E-state index in [0.29, 0.717) is 11.3 Å². The number of anilines is 1. The number of Topliss-reactive ketones (excluding diaryl/α,β-unsaturated/α-hetero) is 1. The van der Waals surface area contributed by atoms with E-state index >= 15 is 0 Å². The molecule has 1 aromatic rings. The third-order valence-electron chi connectivity index (χ3n) is 3.34. The number of ether oxygens (including phenoxy) is 2. The lowest BCUT2D eigenvalue weighted by atomic mass is 10.1. The fourth-order valence-electron chi connectivity index (χ4n) is 2.68. The van der Waals surface area contributed by atoms with Crippen molar-refractivity contribution in [3.8, 4) is 5.75 Å². The third kappa shape index (κ3) is 2.89. The zero-order chi connectivity index (χ0) is 14.0. The van der Waals surface area contributed by atoms with Gasteiger partial charge in [0.1, 0.15) is 5.75 Å². The van der Waals surface area contributed by atoms with Crippen LogP contribution >= 0.6 is 0 Å². The van der Waals surface area contributed by atoms with Crippen molar-refractivity contribution in [3.05, 3.63) is 23.8 Å². The molecule has 0 spiro atoms. The summed E-state index contributed by atoms with van der Waals surface area (Å²) in [6.07, 6.45) is 0.324. The highest BCUT2D eigenvalue weighted by molar-refractivity contribution is 6.02. The van der Waals surface area contributed by atoms with Crippen molar-refractivity contribution in [2.75, 3.05) is 25.1 Å².